The first kappa shape index (κ1) is 11.0. The molecule has 0 atom stereocenters. The van der Waals surface area contributed by atoms with E-state index in [1.54, 1.807) is 11.8 Å². The Morgan fingerprint density at radius 1 is 0.889 bits per heavy atom. The molecule has 0 bridgehead atoms. The summed E-state index contributed by atoms with van der Waals surface area (Å²) in [5, 5.41) is 9.04. The third kappa shape index (κ3) is 2.02. The van der Waals surface area contributed by atoms with Crippen LogP contribution < -0.4 is 5.56 Å². The van der Waals surface area contributed by atoms with E-state index in [-0.39, 0.29) is 5.56 Å². The summed E-state index contributed by atoms with van der Waals surface area (Å²) in [7, 11) is 0. The highest BCUT2D eigenvalue weighted by Crippen LogP contribution is 2.29. The van der Waals surface area contributed by atoms with Gasteiger partial charge >= 0.3 is 0 Å². The normalized spacial score (nSPS) is 10.7. The van der Waals surface area contributed by atoms with Gasteiger partial charge < -0.3 is 0 Å². The molecule has 0 amide bonds. The van der Waals surface area contributed by atoms with Crippen LogP contribution in [0.5, 0.6) is 0 Å². The smallest absolute Gasteiger partial charge is 0.267 e. The first-order valence-corrected chi connectivity index (χ1v) is 6.36. The van der Waals surface area contributed by atoms with Gasteiger partial charge in [-0.25, -0.2) is 5.10 Å². The number of hydrogen-bond donors (Lipinski definition) is 1. The molecular weight excluding hydrogens is 244 g/mol. The quantitative estimate of drug-likeness (QED) is 0.764. The minimum atomic E-state index is -0.150. The Morgan fingerprint density at radius 3 is 2.33 bits per heavy atom. The molecule has 1 heterocycles. The fourth-order valence-corrected chi connectivity index (χ4v) is 2.66. The first-order valence-electron chi connectivity index (χ1n) is 5.55. The highest BCUT2D eigenvalue weighted by molar-refractivity contribution is 7.99. The number of nitrogens with zero attached hydrogens (tertiary/aromatic N) is 1. The molecule has 3 aromatic rings. The molecule has 0 aliphatic rings. The number of nitrogens with one attached hydrogen (secondary N) is 1. The number of aromatic nitrogens is 2. The van der Waals surface area contributed by atoms with Crippen molar-refractivity contribution < 1.29 is 0 Å². The maximum atomic E-state index is 11.7. The van der Waals surface area contributed by atoms with Crippen molar-refractivity contribution in [1.29, 1.82) is 0 Å². The van der Waals surface area contributed by atoms with Crippen molar-refractivity contribution >= 4 is 22.5 Å². The Bertz CT molecular complexity index is 737. The predicted molar refractivity (Wildman–Crippen MR) is 72.9 cm³/mol. The summed E-state index contributed by atoms with van der Waals surface area (Å²) in [6.07, 6.45) is 0. The van der Waals surface area contributed by atoms with E-state index >= 15 is 0 Å². The first-order chi connectivity index (χ1) is 8.84. The third-order valence-electron chi connectivity index (χ3n) is 2.62. The summed E-state index contributed by atoms with van der Waals surface area (Å²) in [5.41, 5.74) is -0.150. The summed E-state index contributed by atoms with van der Waals surface area (Å²) >= 11 is 1.54. The van der Waals surface area contributed by atoms with E-state index in [1.807, 2.05) is 54.6 Å². The average molecular weight is 254 g/mol. The predicted octanol–water partition coefficient (Wildman–Crippen LogP) is 3.07. The molecule has 4 heteroatoms. The van der Waals surface area contributed by atoms with E-state index in [1.165, 1.54) is 0 Å². The number of rotatable bonds is 2. The van der Waals surface area contributed by atoms with Crippen LogP contribution in [0.15, 0.2) is 69.3 Å². The van der Waals surface area contributed by atoms with Gasteiger partial charge in [-0.05, 0) is 18.2 Å². The molecule has 0 unspecified atom stereocenters. The second-order valence-corrected chi connectivity index (χ2v) is 4.88. The number of hydrogen-bond acceptors (Lipinski definition) is 3. The Hall–Kier alpha value is -2.07. The largest absolute Gasteiger partial charge is 0.272 e. The van der Waals surface area contributed by atoms with Gasteiger partial charge in [0.1, 0.15) is 5.03 Å². The maximum absolute atomic E-state index is 11.7. The second kappa shape index (κ2) is 4.66. The van der Waals surface area contributed by atoms with Gasteiger partial charge in [-0.1, -0.05) is 48.2 Å². The molecule has 88 valence electrons. The van der Waals surface area contributed by atoms with Gasteiger partial charge in [-0.15, -0.1) is 0 Å². The van der Waals surface area contributed by atoms with E-state index in [2.05, 4.69) is 10.2 Å². The zero-order valence-electron chi connectivity index (χ0n) is 9.46. The molecule has 3 rings (SSSR count). The van der Waals surface area contributed by atoms with E-state index in [4.69, 9.17) is 0 Å². The minimum absolute atomic E-state index is 0.150. The van der Waals surface area contributed by atoms with Crippen LogP contribution in [-0.2, 0) is 0 Å². The van der Waals surface area contributed by atoms with Gasteiger partial charge in [0.05, 0.1) is 5.39 Å². The van der Waals surface area contributed by atoms with Crippen LogP contribution in [0, 0.1) is 0 Å². The fraction of sp³-hybridized carbons (Fsp3) is 0. The van der Waals surface area contributed by atoms with Crippen LogP contribution in [0.25, 0.3) is 10.8 Å². The van der Waals surface area contributed by atoms with Crippen molar-refractivity contribution in [3.63, 3.8) is 0 Å². The Kier molecular flexibility index (Phi) is 2.86. The summed E-state index contributed by atoms with van der Waals surface area (Å²) in [6, 6.07) is 17.5. The molecule has 0 saturated heterocycles. The molecule has 1 N–H and O–H groups in total. The van der Waals surface area contributed by atoms with Crippen LogP contribution in [0.3, 0.4) is 0 Å². The Labute approximate surface area is 108 Å². The van der Waals surface area contributed by atoms with Gasteiger partial charge in [-0.2, -0.15) is 5.10 Å². The zero-order chi connectivity index (χ0) is 12.4. The lowest BCUT2D eigenvalue weighted by Crippen LogP contribution is -2.08. The fourth-order valence-electron chi connectivity index (χ4n) is 1.77. The Morgan fingerprint density at radius 2 is 1.56 bits per heavy atom. The summed E-state index contributed by atoms with van der Waals surface area (Å²) in [6.45, 7) is 0. The van der Waals surface area contributed by atoms with Crippen LogP contribution in [-0.4, -0.2) is 10.2 Å². The molecule has 1 aromatic heterocycles. The van der Waals surface area contributed by atoms with Crippen LogP contribution in [0.2, 0.25) is 0 Å². The minimum Gasteiger partial charge on any atom is -0.267 e. The number of aromatic amines is 1. The topological polar surface area (TPSA) is 45.8 Å². The molecule has 3 nitrogen and oxygen atoms in total. The third-order valence-corrected chi connectivity index (χ3v) is 3.63. The second-order valence-electron chi connectivity index (χ2n) is 3.82. The van der Waals surface area contributed by atoms with Crippen molar-refractivity contribution in [2.24, 2.45) is 0 Å². The monoisotopic (exact) mass is 254 g/mol. The molecule has 0 aliphatic heterocycles. The molecule has 0 radical (unpaired) electrons. The van der Waals surface area contributed by atoms with Gasteiger partial charge in [0.25, 0.3) is 5.56 Å². The van der Waals surface area contributed by atoms with Crippen molar-refractivity contribution in [2.75, 3.05) is 0 Å². The SMILES string of the molecule is O=c1[nH]nc(Sc2ccccc2)c2ccccc12. The lowest BCUT2D eigenvalue weighted by molar-refractivity contribution is 0.927. The molecule has 0 fully saturated rings. The highest BCUT2D eigenvalue weighted by atomic mass is 32.2. The average Bonchev–Trinajstić information content (AvgIpc) is 2.44. The molecule has 0 aliphatic carbocycles. The molecule has 18 heavy (non-hydrogen) atoms. The molecular formula is C14H10N2OS. The van der Waals surface area contributed by atoms with Crippen LogP contribution in [0.1, 0.15) is 0 Å². The van der Waals surface area contributed by atoms with Gasteiger partial charge in [0.2, 0.25) is 0 Å². The summed E-state index contributed by atoms with van der Waals surface area (Å²) in [5.74, 6) is 0. The van der Waals surface area contributed by atoms with Gasteiger partial charge in [-0.3, -0.25) is 4.79 Å². The number of benzene rings is 2. The standard InChI is InChI=1S/C14H10N2OS/c17-13-11-8-4-5-9-12(11)14(16-15-13)18-10-6-2-1-3-7-10/h1-9H,(H,15,17). The van der Waals surface area contributed by atoms with Crippen molar-refractivity contribution in [2.45, 2.75) is 9.92 Å². The summed E-state index contributed by atoms with van der Waals surface area (Å²) in [4.78, 5) is 12.8. The van der Waals surface area contributed by atoms with E-state index in [0.717, 1.165) is 15.3 Å². The van der Waals surface area contributed by atoms with Crippen molar-refractivity contribution in [1.82, 2.24) is 10.2 Å². The summed E-state index contributed by atoms with van der Waals surface area (Å²) < 4.78 is 0. The van der Waals surface area contributed by atoms with E-state index < -0.39 is 0 Å². The van der Waals surface area contributed by atoms with Crippen molar-refractivity contribution in [3.8, 4) is 0 Å². The molecule has 2 aromatic carbocycles. The number of fused-ring (bicyclic) bond motifs is 1. The van der Waals surface area contributed by atoms with Gasteiger partial charge in [0.15, 0.2) is 0 Å². The van der Waals surface area contributed by atoms with Crippen LogP contribution >= 0.6 is 11.8 Å². The van der Waals surface area contributed by atoms with Gasteiger partial charge in [0, 0.05) is 10.3 Å². The lowest BCUT2D eigenvalue weighted by Gasteiger charge is -2.03. The lowest BCUT2D eigenvalue weighted by atomic mass is 10.2. The molecule has 0 saturated carbocycles. The van der Waals surface area contributed by atoms with E-state index in [0.29, 0.717) is 5.39 Å². The zero-order valence-corrected chi connectivity index (χ0v) is 10.3. The van der Waals surface area contributed by atoms with Crippen molar-refractivity contribution in [3.05, 3.63) is 65.0 Å². The van der Waals surface area contributed by atoms with E-state index in [9.17, 15) is 4.79 Å². The highest BCUT2D eigenvalue weighted by Gasteiger charge is 2.06. The number of H-pyrrole nitrogens is 1. The maximum Gasteiger partial charge on any atom is 0.272 e. The Balaban J connectivity index is 2.13. The van der Waals surface area contributed by atoms with Crippen LogP contribution in [0.4, 0.5) is 0 Å². The molecule has 0 spiro atoms.